The molecule has 0 bridgehead atoms. The Morgan fingerprint density at radius 1 is 1.47 bits per heavy atom. The maximum atomic E-state index is 13.4. The average molecular weight is 265 g/mol. The van der Waals surface area contributed by atoms with Gasteiger partial charge in [-0.15, -0.1) is 0 Å². The number of pyridine rings is 1. The smallest absolute Gasteiger partial charge is 0.254 e. The summed E-state index contributed by atoms with van der Waals surface area (Å²) in [5.74, 6) is -0.914. The minimum atomic E-state index is -0.570. The number of hydrogen-bond acceptors (Lipinski definition) is 3. The minimum Gasteiger partial charge on any atom is -0.349 e. The number of nitrogens with one attached hydrogen (secondary N) is 1. The van der Waals surface area contributed by atoms with E-state index in [-0.39, 0.29) is 17.5 Å². The minimum absolute atomic E-state index is 0.0706. The Morgan fingerprint density at radius 3 is 2.74 bits per heavy atom. The molecule has 2 heterocycles. The molecule has 1 aliphatic heterocycles. The summed E-state index contributed by atoms with van der Waals surface area (Å²) in [5.41, 5.74) is 0.0706. The van der Waals surface area contributed by atoms with Gasteiger partial charge < -0.3 is 10.2 Å². The highest BCUT2D eigenvalue weighted by atomic mass is 19.1. The van der Waals surface area contributed by atoms with Gasteiger partial charge in [-0.3, -0.25) is 9.78 Å². The van der Waals surface area contributed by atoms with Crippen molar-refractivity contribution in [2.24, 2.45) is 0 Å². The van der Waals surface area contributed by atoms with Gasteiger partial charge in [0.25, 0.3) is 5.91 Å². The molecule has 0 spiro atoms. The van der Waals surface area contributed by atoms with E-state index in [4.69, 9.17) is 0 Å². The Bertz CT molecular complexity index is 442. The molecule has 19 heavy (non-hydrogen) atoms. The van der Waals surface area contributed by atoms with Crippen LogP contribution in [0.5, 0.6) is 0 Å². The van der Waals surface area contributed by atoms with Gasteiger partial charge in [0, 0.05) is 31.4 Å². The number of carbonyl (C=O) groups excluding carboxylic acids is 1. The first-order valence-electron chi connectivity index (χ1n) is 6.72. The number of nitrogens with zero attached hydrogens (tertiary/aromatic N) is 2. The van der Waals surface area contributed by atoms with Crippen LogP contribution in [0.4, 0.5) is 4.39 Å². The Labute approximate surface area is 113 Å². The highest BCUT2D eigenvalue weighted by molar-refractivity contribution is 5.94. The zero-order valence-corrected chi connectivity index (χ0v) is 11.4. The molecule has 4 nitrogen and oxygen atoms in total. The molecule has 0 aromatic carbocycles. The molecule has 5 heteroatoms. The monoisotopic (exact) mass is 265 g/mol. The molecule has 0 aliphatic carbocycles. The molecule has 1 fully saturated rings. The predicted molar refractivity (Wildman–Crippen MR) is 71.4 cm³/mol. The van der Waals surface area contributed by atoms with Gasteiger partial charge in [-0.25, -0.2) is 4.39 Å². The molecule has 0 saturated carbocycles. The second-order valence-corrected chi connectivity index (χ2v) is 5.23. The highest BCUT2D eigenvalue weighted by Crippen LogP contribution is 2.14. The summed E-state index contributed by atoms with van der Waals surface area (Å²) in [6.07, 6.45) is 4.32. The molecule has 1 N–H and O–H groups in total. The largest absolute Gasteiger partial charge is 0.349 e. The fraction of sp³-hybridized carbons (Fsp3) is 0.571. The third-order valence-corrected chi connectivity index (χ3v) is 3.61. The molecular formula is C14H20FN3O. The molecule has 0 atom stereocenters. The Kier molecular flexibility index (Phi) is 4.47. The SMILES string of the molecule is CC(C)N1CCC(NC(=O)c2ccncc2F)CC1. The molecule has 1 saturated heterocycles. The van der Waals surface area contributed by atoms with Crippen LogP contribution in [0.15, 0.2) is 18.5 Å². The first-order chi connectivity index (χ1) is 9.08. The van der Waals surface area contributed by atoms with E-state index >= 15 is 0 Å². The summed E-state index contributed by atoms with van der Waals surface area (Å²) in [5, 5.41) is 2.90. The highest BCUT2D eigenvalue weighted by Gasteiger charge is 2.23. The van der Waals surface area contributed by atoms with Crippen LogP contribution in [-0.2, 0) is 0 Å². The van der Waals surface area contributed by atoms with Crippen molar-refractivity contribution in [3.63, 3.8) is 0 Å². The van der Waals surface area contributed by atoms with E-state index in [1.165, 1.54) is 12.3 Å². The number of halogens is 1. The molecule has 1 aliphatic rings. The molecule has 1 aromatic heterocycles. The van der Waals surface area contributed by atoms with Crippen molar-refractivity contribution < 1.29 is 9.18 Å². The van der Waals surface area contributed by atoms with E-state index in [1.807, 2.05) is 0 Å². The van der Waals surface area contributed by atoms with Gasteiger partial charge in [0.05, 0.1) is 11.8 Å². The van der Waals surface area contributed by atoms with Gasteiger partial charge in [-0.1, -0.05) is 0 Å². The predicted octanol–water partition coefficient (Wildman–Crippen LogP) is 1.82. The van der Waals surface area contributed by atoms with Crippen molar-refractivity contribution in [2.45, 2.75) is 38.8 Å². The maximum absolute atomic E-state index is 13.4. The number of likely N-dealkylation sites (tertiary alicyclic amines) is 1. The van der Waals surface area contributed by atoms with Gasteiger partial charge in [-0.05, 0) is 32.8 Å². The zero-order chi connectivity index (χ0) is 13.8. The molecular weight excluding hydrogens is 245 g/mol. The van der Waals surface area contributed by atoms with E-state index < -0.39 is 5.82 Å². The summed E-state index contributed by atoms with van der Waals surface area (Å²) in [6.45, 7) is 6.29. The number of rotatable bonds is 3. The van der Waals surface area contributed by atoms with Gasteiger partial charge >= 0.3 is 0 Å². The second-order valence-electron chi connectivity index (χ2n) is 5.23. The molecule has 1 aromatic rings. The lowest BCUT2D eigenvalue weighted by Crippen LogP contribution is -2.46. The Morgan fingerprint density at radius 2 is 2.16 bits per heavy atom. The van der Waals surface area contributed by atoms with Crippen molar-refractivity contribution in [1.82, 2.24) is 15.2 Å². The molecule has 1 amide bonds. The topological polar surface area (TPSA) is 45.2 Å². The van der Waals surface area contributed by atoms with Gasteiger partial charge in [0.15, 0.2) is 5.82 Å². The fourth-order valence-corrected chi connectivity index (χ4v) is 2.38. The van der Waals surface area contributed by atoms with Gasteiger partial charge in [0.2, 0.25) is 0 Å². The number of aromatic nitrogens is 1. The normalized spacial score (nSPS) is 17.7. The third kappa shape index (κ3) is 3.50. The summed E-state index contributed by atoms with van der Waals surface area (Å²) < 4.78 is 13.4. The zero-order valence-electron chi connectivity index (χ0n) is 11.4. The van der Waals surface area contributed by atoms with Crippen LogP contribution in [0.25, 0.3) is 0 Å². The van der Waals surface area contributed by atoms with Crippen molar-refractivity contribution in [3.8, 4) is 0 Å². The second kappa shape index (κ2) is 6.10. The molecule has 2 rings (SSSR count). The van der Waals surface area contributed by atoms with Gasteiger partial charge in [-0.2, -0.15) is 0 Å². The molecule has 0 radical (unpaired) electrons. The van der Waals surface area contributed by atoms with E-state index in [2.05, 4.69) is 29.0 Å². The Hall–Kier alpha value is -1.49. The van der Waals surface area contributed by atoms with E-state index in [0.29, 0.717) is 6.04 Å². The van der Waals surface area contributed by atoms with Crippen molar-refractivity contribution >= 4 is 5.91 Å². The van der Waals surface area contributed by atoms with Crippen molar-refractivity contribution in [1.29, 1.82) is 0 Å². The lowest BCUT2D eigenvalue weighted by molar-refractivity contribution is 0.0896. The number of hydrogen-bond donors (Lipinski definition) is 1. The van der Waals surface area contributed by atoms with E-state index in [9.17, 15) is 9.18 Å². The van der Waals surface area contributed by atoms with Crippen LogP contribution in [0.1, 0.15) is 37.0 Å². The first kappa shape index (κ1) is 13.9. The molecule has 104 valence electrons. The van der Waals surface area contributed by atoms with Crippen LogP contribution < -0.4 is 5.32 Å². The summed E-state index contributed by atoms with van der Waals surface area (Å²) in [4.78, 5) is 18.0. The van der Waals surface area contributed by atoms with Crippen molar-refractivity contribution in [3.05, 3.63) is 29.8 Å². The molecule has 0 unspecified atom stereocenters. The van der Waals surface area contributed by atoms with Crippen LogP contribution in [0, 0.1) is 5.82 Å². The lowest BCUT2D eigenvalue weighted by Gasteiger charge is -2.34. The van der Waals surface area contributed by atoms with Crippen molar-refractivity contribution in [2.75, 3.05) is 13.1 Å². The van der Waals surface area contributed by atoms with E-state index in [1.54, 1.807) is 0 Å². The Balaban J connectivity index is 1.89. The number of amides is 1. The number of piperidine rings is 1. The number of carbonyl (C=O) groups is 1. The summed E-state index contributed by atoms with van der Waals surface area (Å²) in [7, 11) is 0. The summed E-state index contributed by atoms with van der Waals surface area (Å²) >= 11 is 0. The standard InChI is InChI=1S/C14H20FN3O/c1-10(2)18-7-4-11(5-8-18)17-14(19)12-3-6-16-9-13(12)15/h3,6,9-11H,4-5,7-8H2,1-2H3,(H,17,19). The van der Waals surface area contributed by atoms with Crippen LogP contribution in [0.2, 0.25) is 0 Å². The third-order valence-electron chi connectivity index (χ3n) is 3.61. The summed E-state index contributed by atoms with van der Waals surface area (Å²) in [6, 6.07) is 2.08. The average Bonchev–Trinajstić information content (AvgIpc) is 2.39. The first-order valence-corrected chi connectivity index (χ1v) is 6.72. The fourth-order valence-electron chi connectivity index (χ4n) is 2.38. The van der Waals surface area contributed by atoms with Gasteiger partial charge in [0.1, 0.15) is 0 Å². The quantitative estimate of drug-likeness (QED) is 0.906. The van der Waals surface area contributed by atoms with Crippen LogP contribution in [-0.4, -0.2) is 41.0 Å². The van der Waals surface area contributed by atoms with Crippen LogP contribution >= 0.6 is 0 Å². The maximum Gasteiger partial charge on any atom is 0.254 e. The van der Waals surface area contributed by atoms with E-state index in [0.717, 1.165) is 32.1 Å². The lowest BCUT2D eigenvalue weighted by atomic mass is 10.0. The van der Waals surface area contributed by atoms with Crippen LogP contribution in [0.3, 0.4) is 0 Å².